The Labute approximate surface area is 132 Å². The number of hydrogen-bond donors (Lipinski definition) is 1. The van der Waals surface area contributed by atoms with Crippen LogP contribution in [0, 0.1) is 5.82 Å². The summed E-state index contributed by atoms with van der Waals surface area (Å²) in [5, 5.41) is 2.89. The maximum Gasteiger partial charge on any atom is 0.229 e. The van der Waals surface area contributed by atoms with Gasteiger partial charge in [-0.3, -0.25) is 4.79 Å². The molecule has 0 aromatic heterocycles. The van der Waals surface area contributed by atoms with Crippen LogP contribution in [0.2, 0.25) is 5.02 Å². The van der Waals surface area contributed by atoms with Crippen LogP contribution < -0.4 is 14.8 Å². The van der Waals surface area contributed by atoms with Gasteiger partial charge in [0.05, 0.1) is 26.3 Å². The summed E-state index contributed by atoms with van der Waals surface area (Å²) in [7, 11) is 3.01. The lowest BCUT2D eigenvalue weighted by molar-refractivity contribution is -0.115. The van der Waals surface area contributed by atoms with Gasteiger partial charge in [0, 0.05) is 16.7 Å². The summed E-state index contributed by atoms with van der Waals surface area (Å²) in [4.78, 5) is 12.1. The average molecular weight is 324 g/mol. The maximum absolute atomic E-state index is 13.7. The molecule has 2 aromatic rings. The first-order valence-corrected chi connectivity index (χ1v) is 6.87. The summed E-state index contributed by atoms with van der Waals surface area (Å²) in [6, 6.07) is 9.30. The first-order chi connectivity index (χ1) is 10.5. The predicted molar refractivity (Wildman–Crippen MR) is 83.3 cm³/mol. The van der Waals surface area contributed by atoms with Crippen LogP contribution in [0.3, 0.4) is 0 Å². The fourth-order valence-electron chi connectivity index (χ4n) is 1.97. The Morgan fingerprint density at radius 2 is 2.00 bits per heavy atom. The van der Waals surface area contributed by atoms with Gasteiger partial charge in [-0.1, -0.05) is 17.7 Å². The fraction of sp³-hybridized carbons (Fsp3) is 0.188. The molecule has 0 spiro atoms. The van der Waals surface area contributed by atoms with E-state index in [9.17, 15) is 9.18 Å². The van der Waals surface area contributed by atoms with Gasteiger partial charge in [-0.25, -0.2) is 4.39 Å². The predicted octanol–water partition coefficient (Wildman–Crippen LogP) is 3.68. The molecule has 0 saturated heterocycles. The zero-order valence-corrected chi connectivity index (χ0v) is 12.9. The molecule has 0 unspecified atom stereocenters. The summed E-state index contributed by atoms with van der Waals surface area (Å²) in [5.41, 5.74) is 0.600. The summed E-state index contributed by atoms with van der Waals surface area (Å²) in [6.45, 7) is 0. The van der Waals surface area contributed by atoms with Gasteiger partial charge in [0.15, 0.2) is 0 Å². The molecule has 22 heavy (non-hydrogen) atoms. The zero-order valence-electron chi connectivity index (χ0n) is 12.2. The third-order valence-electron chi connectivity index (χ3n) is 3.08. The van der Waals surface area contributed by atoms with Crippen molar-refractivity contribution in [3.63, 3.8) is 0 Å². The Balaban J connectivity index is 2.19. The quantitative estimate of drug-likeness (QED) is 0.913. The van der Waals surface area contributed by atoms with E-state index in [1.54, 1.807) is 24.3 Å². The number of benzene rings is 2. The third kappa shape index (κ3) is 3.68. The highest BCUT2D eigenvalue weighted by molar-refractivity contribution is 6.31. The number of nitrogens with one attached hydrogen (secondary N) is 1. The molecule has 2 aromatic carbocycles. The van der Waals surface area contributed by atoms with Crippen molar-refractivity contribution in [3.8, 4) is 11.5 Å². The van der Waals surface area contributed by atoms with E-state index in [-0.39, 0.29) is 17.0 Å². The van der Waals surface area contributed by atoms with Crippen LogP contribution in [0.1, 0.15) is 5.56 Å². The molecule has 0 fully saturated rings. The zero-order chi connectivity index (χ0) is 16.1. The van der Waals surface area contributed by atoms with E-state index in [0.717, 1.165) is 0 Å². The standard InChI is InChI=1S/C16H15ClFNO3/c1-21-10-6-7-15(22-2)14(8-10)19-16(20)9-11-12(17)4-3-5-13(11)18/h3-8H,9H2,1-2H3,(H,19,20). The second-order valence-electron chi connectivity index (χ2n) is 4.49. The van der Waals surface area contributed by atoms with Crippen molar-refractivity contribution in [2.24, 2.45) is 0 Å². The first kappa shape index (κ1) is 16.1. The molecule has 1 amide bonds. The Kier molecular flexibility index (Phi) is 5.22. The van der Waals surface area contributed by atoms with Crippen molar-refractivity contribution < 1.29 is 18.7 Å². The minimum atomic E-state index is -0.514. The second kappa shape index (κ2) is 7.13. The van der Waals surface area contributed by atoms with Gasteiger partial charge in [-0.2, -0.15) is 0 Å². The highest BCUT2D eigenvalue weighted by atomic mass is 35.5. The molecule has 4 nitrogen and oxygen atoms in total. The number of carbonyl (C=O) groups excluding carboxylic acids is 1. The Bertz CT molecular complexity index is 671. The van der Waals surface area contributed by atoms with Gasteiger partial charge in [0.25, 0.3) is 0 Å². The molecule has 0 saturated carbocycles. The van der Waals surface area contributed by atoms with Crippen LogP contribution in [0.5, 0.6) is 11.5 Å². The van der Waals surface area contributed by atoms with Gasteiger partial charge in [0.1, 0.15) is 17.3 Å². The second-order valence-corrected chi connectivity index (χ2v) is 4.90. The largest absolute Gasteiger partial charge is 0.497 e. The van der Waals surface area contributed by atoms with Crippen LogP contribution in [0.15, 0.2) is 36.4 Å². The Hall–Kier alpha value is -2.27. The molecular weight excluding hydrogens is 309 g/mol. The van der Waals surface area contributed by atoms with Crippen molar-refractivity contribution in [3.05, 3.63) is 52.8 Å². The number of amides is 1. The third-order valence-corrected chi connectivity index (χ3v) is 3.43. The molecular formula is C16H15ClFNO3. The number of anilines is 1. The topological polar surface area (TPSA) is 47.6 Å². The van der Waals surface area contributed by atoms with Crippen LogP contribution in [0.4, 0.5) is 10.1 Å². The van der Waals surface area contributed by atoms with Crippen LogP contribution >= 0.6 is 11.6 Å². The Morgan fingerprint density at radius 1 is 1.23 bits per heavy atom. The first-order valence-electron chi connectivity index (χ1n) is 6.50. The van der Waals surface area contributed by atoms with Crippen LogP contribution in [-0.4, -0.2) is 20.1 Å². The van der Waals surface area contributed by atoms with E-state index in [0.29, 0.717) is 17.2 Å². The monoisotopic (exact) mass is 323 g/mol. The number of methoxy groups -OCH3 is 2. The molecule has 1 N–H and O–H groups in total. The summed E-state index contributed by atoms with van der Waals surface area (Å²) in [5.74, 6) is 0.132. The minimum Gasteiger partial charge on any atom is -0.497 e. The van der Waals surface area contributed by atoms with E-state index in [1.165, 1.54) is 26.4 Å². The van der Waals surface area contributed by atoms with Gasteiger partial charge in [-0.05, 0) is 24.3 Å². The number of rotatable bonds is 5. The van der Waals surface area contributed by atoms with Crippen molar-refractivity contribution in [1.29, 1.82) is 0 Å². The molecule has 0 atom stereocenters. The van der Waals surface area contributed by atoms with E-state index in [1.807, 2.05) is 0 Å². The molecule has 0 aliphatic rings. The van der Waals surface area contributed by atoms with Crippen LogP contribution in [0.25, 0.3) is 0 Å². The SMILES string of the molecule is COc1ccc(OC)c(NC(=O)Cc2c(F)cccc2Cl)c1. The van der Waals surface area contributed by atoms with Gasteiger partial charge in [0.2, 0.25) is 5.91 Å². The van der Waals surface area contributed by atoms with Crippen molar-refractivity contribution in [2.45, 2.75) is 6.42 Å². The average Bonchev–Trinajstić information content (AvgIpc) is 2.51. The van der Waals surface area contributed by atoms with E-state index in [4.69, 9.17) is 21.1 Å². The lowest BCUT2D eigenvalue weighted by atomic mass is 10.1. The van der Waals surface area contributed by atoms with Crippen molar-refractivity contribution >= 4 is 23.2 Å². The number of carbonyl (C=O) groups is 1. The molecule has 0 heterocycles. The molecule has 2 rings (SSSR count). The van der Waals surface area contributed by atoms with Gasteiger partial charge < -0.3 is 14.8 Å². The molecule has 0 aliphatic heterocycles. The lowest BCUT2D eigenvalue weighted by Crippen LogP contribution is -2.16. The smallest absolute Gasteiger partial charge is 0.229 e. The Morgan fingerprint density at radius 3 is 2.64 bits per heavy atom. The molecule has 116 valence electrons. The van der Waals surface area contributed by atoms with E-state index in [2.05, 4.69) is 5.32 Å². The van der Waals surface area contributed by atoms with Crippen molar-refractivity contribution in [1.82, 2.24) is 0 Å². The number of ether oxygens (including phenoxy) is 2. The number of halogens is 2. The van der Waals surface area contributed by atoms with Crippen molar-refractivity contribution in [2.75, 3.05) is 19.5 Å². The molecule has 0 aliphatic carbocycles. The minimum absolute atomic E-state index is 0.156. The summed E-state index contributed by atoms with van der Waals surface area (Å²) < 4.78 is 24.0. The fourth-order valence-corrected chi connectivity index (χ4v) is 2.20. The summed E-state index contributed by atoms with van der Waals surface area (Å²) in [6.07, 6.45) is -0.175. The van der Waals surface area contributed by atoms with Gasteiger partial charge >= 0.3 is 0 Å². The van der Waals surface area contributed by atoms with E-state index >= 15 is 0 Å². The normalized spacial score (nSPS) is 10.2. The maximum atomic E-state index is 13.7. The molecule has 6 heteroatoms. The molecule has 0 radical (unpaired) electrons. The van der Waals surface area contributed by atoms with Gasteiger partial charge in [-0.15, -0.1) is 0 Å². The number of hydrogen-bond acceptors (Lipinski definition) is 3. The summed E-state index contributed by atoms with van der Waals surface area (Å²) >= 11 is 5.92. The van der Waals surface area contributed by atoms with Crippen LogP contribution in [-0.2, 0) is 11.2 Å². The highest BCUT2D eigenvalue weighted by Gasteiger charge is 2.14. The molecule has 0 bridgehead atoms. The van der Waals surface area contributed by atoms with E-state index < -0.39 is 11.7 Å². The lowest BCUT2D eigenvalue weighted by Gasteiger charge is -2.12. The highest BCUT2D eigenvalue weighted by Crippen LogP contribution is 2.29.